The highest BCUT2D eigenvalue weighted by Gasteiger charge is 2.68. The Morgan fingerprint density at radius 2 is 1.72 bits per heavy atom. The molecule has 0 unspecified atom stereocenters. The van der Waals surface area contributed by atoms with Crippen molar-refractivity contribution in [1.82, 2.24) is 21.3 Å². The lowest BCUT2D eigenvalue weighted by atomic mass is 9.44. The minimum atomic E-state index is -0.938. The number of aromatic hydroxyl groups is 1. The van der Waals surface area contributed by atoms with Crippen LogP contribution < -0.4 is 21.3 Å². The predicted molar refractivity (Wildman–Crippen MR) is 298 cm³/mol. The number of esters is 2. The zero-order chi connectivity index (χ0) is 52.0. The van der Waals surface area contributed by atoms with E-state index in [0.717, 1.165) is 147 Å². The van der Waals surface area contributed by atoms with E-state index in [4.69, 9.17) is 9.47 Å². The molecule has 5 aliphatic heterocycles. The first-order valence-corrected chi connectivity index (χ1v) is 29.0. The van der Waals surface area contributed by atoms with Crippen molar-refractivity contribution in [1.29, 1.82) is 0 Å². The Morgan fingerprint density at radius 3 is 2.58 bits per heavy atom. The van der Waals surface area contributed by atoms with Crippen molar-refractivity contribution < 1.29 is 29.3 Å². The van der Waals surface area contributed by atoms with Gasteiger partial charge in [-0.3, -0.25) is 0 Å². The molecule has 0 radical (unpaired) electrons. The van der Waals surface area contributed by atoms with Gasteiger partial charge in [0.05, 0.1) is 17.2 Å². The Kier molecular flexibility index (Phi) is 14.6. The second kappa shape index (κ2) is 21.7. The van der Waals surface area contributed by atoms with Crippen LogP contribution in [0.2, 0.25) is 0 Å². The second-order valence-electron chi connectivity index (χ2n) is 23.9. The van der Waals surface area contributed by atoms with E-state index in [-0.39, 0.29) is 59.5 Å². The first-order chi connectivity index (χ1) is 37.2. The molecule has 14 rings (SSSR count). The van der Waals surface area contributed by atoms with E-state index >= 15 is 9.59 Å². The Bertz CT molecular complexity index is 2990. The summed E-state index contributed by atoms with van der Waals surface area (Å²) in [6.45, 7) is 6.60. The highest BCUT2D eigenvalue weighted by atomic mass is 16.6. The van der Waals surface area contributed by atoms with Gasteiger partial charge in [-0.25, -0.2) is 9.59 Å². The number of carbonyl (C=O) groups is 2. The topological polar surface area (TPSA) is 141 Å². The van der Waals surface area contributed by atoms with Gasteiger partial charge in [-0.15, -0.1) is 0 Å². The summed E-state index contributed by atoms with van der Waals surface area (Å²) in [7, 11) is 2.07. The Hall–Kier alpha value is -5.62. The van der Waals surface area contributed by atoms with E-state index < -0.39 is 5.41 Å². The molecule has 2 saturated carbocycles. The molecule has 10 aliphatic rings. The Balaban J connectivity index is 1.01. The van der Waals surface area contributed by atoms with Gasteiger partial charge in [-0.2, -0.15) is 0 Å². The first-order valence-electron chi connectivity index (χ1n) is 29.0. The smallest absolute Gasteiger partial charge is 0.340 e. The molecule has 398 valence electrons. The van der Waals surface area contributed by atoms with Gasteiger partial charge < -0.3 is 41.0 Å². The van der Waals surface area contributed by atoms with E-state index in [9.17, 15) is 10.2 Å². The molecule has 6 N–H and O–H groups in total. The lowest BCUT2D eigenvalue weighted by Gasteiger charge is -2.56. The summed E-state index contributed by atoms with van der Waals surface area (Å²) in [5, 5.41) is 36.7. The van der Waals surface area contributed by atoms with Crippen molar-refractivity contribution in [2.45, 2.75) is 122 Å². The van der Waals surface area contributed by atoms with Gasteiger partial charge in [-0.05, 0) is 238 Å². The molecule has 76 heavy (non-hydrogen) atoms. The number of fused-ring (bicyclic) bond motifs is 5. The largest absolute Gasteiger partial charge is 0.508 e. The predicted octanol–water partition coefficient (Wildman–Crippen LogP) is 10.8. The van der Waals surface area contributed by atoms with Gasteiger partial charge in [0.15, 0.2) is 0 Å². The highest BCUT2D eigenvalue weighted by molar-refractivity contribution is 6.07. The van der Waals surface area contributed by atoms with Crippen molar-refractivity contribution in [2.24, 2.45) is 46.3 Å². The maximum Gasteiger partial charge on any atom is 0.340 e. The molecule has 14 bridgehead atoms. The number of aliphatic hydroxyl groups is 1. The quantitative estimate of drug-likeness (QED) is 0.0635. The highest BCUT2D eigenvalue weighted by Crippen LogP contribution is 2.72. The molecule has 2 saturated heterocycles. The lowest BCUT2D eigenvalue weighted by molar-refractivity contribution is -0.135. The minimum absolute atomic E-state index is 0.0126. The van der Waals surface area contributed by atoms with Crippen LogP contribution in [-0.2, 0) is 51.4 Å². The number of hydrogen-bond acceptors (Lipinski definition) is 10. The van der Waals surface area contributed by atoms with Crippen LogP contribution in [0.4, 0.5) is 0 Å². The summed E-state index contributed by atoms with van der Waals surface area (Å²) < 4.78 is 13.3. The SMILES string of the molecule is CCCNCc1cc2cc(c1)C[C@H]1CC[C@@]([C@@H]3CCN[C@H](NC)C3)(CC=C3OC(=O)C4=C3CC[C@H]3[C@H]5CC[C@]6(C(=C5c5cc(O)ccc5-c5cccc(c5)CNCC2)C(=O)O/C6=C\[C@H](CCO)Cc2ccccc2)[C@@H]43)C1. The van der Waals surface area contributed by atoms with Crippen molar-refractivity contribution in [2.75, 3.05) is 33.3 Å². The summed E-state index contributed by atoms with van der Waals surface area (Å²) in [5.74, 6) is 1.41. The number of cyclic esters (lactones) is 1. The van der Waals surface area contributed by atoms with Crippen LogP contribution >= 0.6 is 0 Å². The number of rotatable bonds is 11. The number of phenolic OH excluding ortho intramolecular Hbond substituents is 1. The Morgan fingerprint density at radius 1 is 0.842 bits per heavy atom. The minimum Gasteiger partial charge on any atom is -0.508 e. The molecule has 1 spiro atoms. The fourth-order valence-corrected chi connectivity index (χ4v) is 16.2. The number of hydrogen-bond donors (Lipinski definition) is 6. The number of nitrogens with one attached hydrogen (secondary N) is 4. The maximum atomic E-state index is 15.2. The monoisotopic (exact) mass is 1020 g/mol. The zero-order valence-electron chi connectivity index (χ0n) is 44.7. The van der Waals surface area contributed by atoms with Gasteiger partial charge in [0.1, 0.15) is 17.3 Å². The average molecular weight is 1020 g/mol. The van der Waals surface area contributed by atoms with Gasteiger partial charge in [-0.1, -0.05) is 79.7 Å². The molecule has 0 aromatic heterocycles. The normalized spacial score (nSPS) is 29.9. The van der Waals surface area contributed by atoms with E-state index in [0.29, 0.717) is 49.0 Å². The molecule has 10 nitrogen and oxygen atoms in total. The van der Waals surface area contributed by atoms with Gasteiger partial charge in [0, 0.05) is 36.8 Å². The van der Waals surface area contributed by atoms with E-state index in [1.807, 2.05) is 30.3 Å². The van der Waals surface area contributed by atoms with Gasteiger partial charge in [0.2, 0.25) is 0 Å². The number of aliphatic hydroxyl groups excluding tert-OH is 1. The Labute approximate surface area is 449 Å². The number of allylic oxidation sites excluding steroid dienone is 5. The van der Waals surface area contributed by atoms with Crippen LogP contribution in [0, 0.1) is 46.3 Å². The van der Waals surface area contributed by atoms with Crippen molar-refractivity contribution in [3.63, 3.8) is 0 Å². The number of carbonyl (C=O) groups excluding carboxylic acids is 2. The summed E-state index contributed by atoms with van der Waals surface area (Å²) in [6.07, 6.45) is 18.5. The molecule has 5 heterocycles. The molecular formula is C66H78N4O6. The van der Waals surface area contributed by atoms with Crippen molar-refractivity contribution >= 4 is 17.5 Å². The van der Waals surface area contributed by atoms with E-state index in [2.05, 4.69) is 102 Å². The van der Waals surface area contributed by atoms with Crippen LogP contribution in [-0.4, -0.2) is 61.6 Å². The van der Waals surface area contributed by atoms with Crippen LogP contribution in [0.1, 0.15) is 117 Å². The van der Waals surface area contributed by atoms with Crippen molar-refractivity contribution in [3.8, 4) is 16.9 Å². The molecule has 4 aromatic carbocycles. The third-order valence-corrected chi connectivity index (χ3v) is 19.5. The molecule has 4 fully saturated rings. The fourth-order valence-electron chi connectivity index (χ4n) is 16.2. The second-order valence-corrected chi connectivity index (χ2v) is 23.9. The summed E-state index contributed by atoms with van der Waals surface area (Å²) >= 11 is 0. The summed E-state index contributed by atoms with van der Waals surface area (Å²) in [5.41, 5.74) is 11.7. The maximum absolute atomic E-state index is 15.2. The summed E-state index contributed by atoms with van der Waals surface area (Å²) in [6, 6.07) is 32.0. The molecule has 4 aromatic rings. The van der Waals surface area contributed by atoms with Gasteiger partial charge in [0.25, 0.3) is 0 Å². The zero-order valence-corrected chi connectivity index (χ0v) is 44.7. The van der Waals surface area contributed by atoms with Crippen LogP contribution in [0.5, 0.6) is 5.75 Å². The molecule has 0 amide bonds. The average Bonchev–Trinajstić information content (AvgIpc) is 4.16. The van der Waals surface area contributed by atoms with Crippen LogP contribution in [0.25, 0.3) is 16.7 Å². The number of phenols is 1. The molecule has 9 atom stereocenters. The van der Waals surface area contributed by atoms with Crippen LogP contribution in [0.3, 0.4) is 0 Å². The summed E-state index contributed by atoms with van der Waals surface area (Å²) in [4.78, 5) is 30.3. The van der Waals surface area contributed by atoms with Crippen LogP contribution in [0.15, 0.2) is 131 Å². The molecular weight excluding hydrogens is 945 g/mol. The van der Waals surface area contributed by atoms with Gasteiger partial charge >= 0.3 is 11.9 Å². The third-order valence-electron chi connectivity index (χ3n) is 19.5. The molecule has 5 aliphatic carbocycles. The van der Waals surface area contributed by atoms with E-state index in [1.54, 1.807) is 6.07 Å². The standard InChI is InChI=1S/C66H78N4O6/c1-3-25-68-40-47-31-42-19-26-69-39-45-10-7-11-48(34-45)51-13-12-50(72)37-55(51)59-52-17-24-66(57(76-64(74)62(59)66)35-43(21-28-71)29-41-8-5-4-6-9-41)61-53(52)14-15-54-56(75-63(73)60(54)61)18-23-65(49-20-27-70-58(36-49)67-2)22-16-44(38-65)32-46(30-42)33-47/h4-13,18,30-31,33-35,37,43-44,49,52-53,58,61,67-72H,3,14-17,19-29,32,36,38-40H2,1-2H3/b56-18?,57-35-/t43-,44-,49-,52-,53+,58+,61-,65-,66-/m1/s1. The fraction of sp³-hybridized carbons (Fsp3) is 0.485. The number of piperidine rings is 1. The number of benzene rings is 4. The number of ether oxygens (including phenoxy) is 2. The molecule has 10 heteroatoms. The van der Waals surface area contributed by atoms with Crippen molar-refractivity contribution in [3.05, 3.63) is 165 Å². The first kappa shape index (κ1) is 51.2. The third kappa shape index (κ3) is 9.54. The van der Waals surface area contributed by atoms with E-state index in [1.165, 1.54) is 23.1 Å². The lowest BCUT2D eigenvalue weighted by Crippen LogP contribution is -2.52.